The first kappa shape index (κ1) is 10.2. The predicted octanol–water partition coefficient (Wildman–Crippen LogP) is 3.15. The molecular weight excluding hydrogens is 208 g/mol. The number of hydrogen-bond acceptors (Lipinski definition) is 3. The normalized spacial score (nSPS) is 10.3. The van der Waals surface area contributed by atoms with Crippen LogP contribution in [-0.2, 0) is 0 Å². The van der Waals surface area contributed by atoms with E-state index in [1.165, 1.54) is 0 Å². The lowest BCUT2D eigenvalue weighted by molar-refractivity contribution is 0.409. The van der Waals surface area contributed by atoms with E-state index in [1.807, 2.05) is 30.3 Å². The Hall–Kier alpha value is -1.35. The van der Waals surface area contributed by atoms with Gasteiger partial charge in [-0.25, -0.2) is 0 Å². The van der Waals surface area contributed by atoms with Crippen molar-refractivity contribution in [3.63, 3.8) is 0 Å². The number of methoxy groups -OCH3 is 2. The third-order valence-corrected chi connectivity index (χ3v) is 2.71. The molecule has 0 atom stereocenters. The smallest absolute Gasteiger partial charge is 0.139 e. The predicted molar refractivity (Wildman–Crippen MR) is 64.3 cm³/mol. The summed E-state index contributed by atoms with van der Waals surface area (Å²) in [6, 6.07) is 9.79. The summed E-state index contributed by atoms with van der Waals surface area (Å²) in [6.07, 6.45) is 0. The highest BCUT2D eigenvalue weighted by molar-refractivity contribution is 7.80. The van der Waals surface area contributed by atoms with Crippen molar-refractivity contribution >= 4 is 23.4 Å². The van der Waals surface area contributed by atoms with E-state index >= 15 is 0 Å². The van der Waals surface area contributed by atoms with Crippen molar-refractivity contribution in [3.05, 3.63) is 30.3 Å². The second kappa shape index (κ2) is 4.03. The molecule has 0 aliphatic rings. The van der Waals surface area contributed by atoms with Gasteiger partial charge < -0.3 is 9.47 Å². The second-order valence-electron chi connectivity index (χ2n) is 3.21. The molecule has 0 aliphatic heterocycles. The van der Waals surface area contributed by atoms with E-state index in [2.05, 4.69) is 12.6 Å². The molecular formula is C12H12O2S. The summed E-state index contributed by atoms with van der Waals surface area (Å²) in [6.45, 7) is 0. The molecule has 0 radical (unpaired) electrons. The van der Waals surface area contributed by atoms with Gasteiger partial charge in [0.15, 0.2) is 0 Å². The van der Waals surface area contributed by atoms with Crippen LogP contribution in [0.25, 0.3) is 10.8 Å². The van der Waals surface area contributed by atoms with Gasteiger partial charge in [-0.15, -0.1) is 12.6 Å². The molecule has 2 nitrogen and oxygen atoms in total. The van der Waals surface area contributed by atoms with E-state index in [-0.39, 0.29) is 0 Å². The first-order valence-electron chi connectivity index (χ1n) is 4.60. The standard InChI is InChI=1S/C12H12O2S/c1-13-9-4-5-10-8(7-9)3-6-11(15)12(10)14-2/h3-7,15H,1-2H3. The van der Waals surface area contributed by atoms with Gasteiger partial charge in [0.05, 0.1) is 14.2 Å². The molecule has 2 aromatic carbocycles. The zero-order valence-electron chi connectivity index (χ0n) is 8.65. The Kier molecular flexibility index (Phi) is 2.73. The molecule has 0 aromatic heterocycles. The molecule has 0 saturated heterocycles. The largest absolute Gasteiger partial charge is 0.497 e. The zero-order chi connectivity index (χ0) is 10.8. The summed E-state index contributed by atoms with van der Waals surface area (Å²) in [5.74, 6) is 1.65. The van der Waals surface area contributed by atoms with E-state index in [4.69, 9.17) is 9.47 Å². The molecule has 0 bridgehead atoms. The quantitative estimate of drug-likeness (QED) is 0.784. The van der Waals surface area contributed by atoms with Crippen LogP contribution in [0, 0.1) is 0 Å². The van der Waals surface area contributed by atoms with Crippen molar-refractivity contribution in [2.75, 3.05) is 14.2 Å². The van der Waals surface area contributed by atoms with Gasteiger partial charge in [0, 0.05) is 10.3 Å². The van der Waals surface area contributed by atoms with Crippen molar-refractivity contribution in [2.45, 2.75) is 4.90 Å². The van der Waals surface area contributed by atoms with E-state index in [0.29, 0.717) is 0 Å². The van der Waals surface area contributed by atoms with Crippen LogP contribution in [0.1, 0.15) is 0 Å². The Morgan fingerprint density at radius 2 is 1.80 bits per heavy atom. The first-order valence-corrected chi connectivity index (χ1v) is 5.04. The molecule has 0 amide bonds. The van der Waals surface area contributed by atoms with Crippen molar-refractivity contribution in [1.29, 1.82) is 0 Å². The van der Waals surface area contributed by atoms with Gasteiger partial charge in [-0.3, -0.25) is 0 Å². The monoisotopic (exact) mass is 220 g/mol. The Labute approximate surface area is 94.2 Å². The van der Waals surface area contributed by atoms with Crippen LogP contribution in [0.4, 0.5) is 0 Å². The maximum Gasteiger partial charge on any atom is 0.139 e. The fourth-order valence-electron chi connectivity index (χ4n) is 1.61. The number of hydrogen-bond donors (Lipinski definition) is 1. The van der Waals surface area contributed by atoms with Crippen LogP contribution in [0.15, 0.2) is 35.2 Å². The number of benzene rings is 2. The van der Waals surface area contributed by atoms with Crippen LogP contribution in [-0.4, -0.2) is 14.2 Å². The van der Waals surface area contributed by atoms with E-state index in [1.54, 1.807) is 14.2 Å². The molecule has 0 saturated carbocycles. The van der Waals surface area contributed by atoms with Gasteiger partial charge in [-0.05, 0) is 29.7 Å². The summed E-state index contributed by atoms with van der Waals surface area (Å²) in [5.41, 5.74) is 0. The Morgan fingerprint density at radius 3 is 2.47 bits per heavy atom. The average molecular weight is 220 g/mol. The third kappa shape index (κ3) is 1.75. The molecule has 0 spiro atoms. The first-order chi connectivity index (χ1) is 7.26. The summed E-state index contributed by atoms with van der Waals surface area (Å²) in [5, 5.41) is 2.13. The second-order valence-corrected chi connectivity index (χ2v) is 3.69. The minimum atomic E-state index is 0.804. The number of fused-ring (bicyclic) bond motifs is 1. The minimum absolute atomic E-state index is 0.804. The molecule has 0 N–H and O–H groups in total. The maximum absolute atomic E-state index is 5.31. The molecule has 78 valence electrons. The summed E-state index contributed by atoms with van der Waals surface area (Å²) in [7, 11) is 3.31. The Balaban J connectivity index is 2.72. The van der Waals surface area contributed by atoms with Gasteiger partial charge in [0.25, 0.3) is 0 Å². The number of rotatable bonds is 2. The van der Waals surface area contributed by atoms with Crippen LogP contribution >= 0.6 is 12.6 Å². The molecule has 3 heteroatoms. The van der Waals surface area contributed by atoms with E-state index < -0.39 is 0 Å². The van der Waals surface area contributed by atoms with Crippen molar-refractivity contribution < 1.29 is 9.47 Å². The Morgan fingerprint density at radius 1 is 1.00 bits per heavy atom. The van der Waals surface area contributed by atoms with Gasteiger partial charge in [-0.2, -0.15) is 0 Å². The van der Waals surface area contributed by atoms with Crippen LogP contribution in [0.2, 0.25) is 0 Å². The fourth-order valence-corrected chi connectivity index (χ4v) is 1.90. The van der Waals surface area contributed by atoms with E-state index in [0.717, 1.165) is 27.2 Å². The SMILES string of the molecule is COc1ccc2c(OC)c(S)ccc2c1. The van der Waals surface area contributed by atoms with Crippen LogP contribution in [0.5, 0.6) is 11.5 Å². The van der Waals surface area contributed by atoms with E-state index in [9.17, 15) is 0 Å². The van der Waals surface area contributed by atoms with Crippen LogP contribution < -0.4 is 9.47 Å². The molecule has 2 rings (SSSR count). The zero-order valence-corrected chi connectivity index (χ0v) is 9.54. The Bertz CT molecular complexity index is 494. The van der Waals surface area contributed by atoms with Crippen molar-refractivity contribution in [1.82, 2.24) is 0 Å². The minimum Gasteiger partial charge on any atom is -0.497 e. The third-order valence-electron chi connectivity index (χ3n) is 2.36. The molecule has 0 heterocycles. The highest BCUT2D eigenvalue weighted by atomic mass is 32.1. The molecule has 0 fully saturated rings. The highest BCUT2D eigenvalue weighted by Crippen LogP contribution is 2.33. The average Bonchev–Trinajstić information content (AvgIpc) is 2.28. The summed E-state index contributed by atoms with van der Waals surface area (Å²) >= 11 is 4.35. The van der Waals surface area contributed by atoms with Gasteiger partial charge >= 0.3 is 0 Å². The van der Waals surface area contributed by atoms with Crippen LogP contribution in [0.3, 0.4) is 0 Å². The lowest BCUT2D eigenvalue weighted by Crippen LogP contribution is -1.88. The van der Waals surface area contributed by atoms with Crippen molar-refractivity contribution in [3.8, 4) is 11.5 Å². The molecule has 2 aromatic rings. The topological polar surface area (TPSA) is 18.5 Å². The van der Waals surface area contributed by atoms with Gasteiger partial charge in [0.2, 0.25) is 0 Å². The van der Waals surface area contributed by atoms with Gasteiger partial charge in [0.1, 0.15) is 11.5 Å². The lowest BCUT2D eigenvalue weighted by atomic mass is 10.1. The lowest BCUT2D eigenvalue weighted by Gasteiger charge is -2.09. The highest BCUT2D eigenvalue weighted by Gasteiger charge is 2.05. The maximum atomic E-state index is 5.31. The van der Waals surface area contributed by atoms with Crippen molar-refractivity contribution in [2.24, 2.45) is 0 Å². The fraction of sp³-hybridized carbons (Fsp3) is 0.167. The summed E-state index contributed by atoms with van der Waals surface area (Å²) in [4.78, 5) is 0.843. The van der Waals surface area contributed by atoms with Gasteiger partial charge in [-0.1, -0.05) is 6.07 Å². The molecule has 0 unspecified atom stereocenters. The summed E-state index contributed by atoms with van der Waals surface area (Å²) < 4.78 is 10.5. The number of ether oxygens (including phenoxy) is 2. The number of thiol groups is 1. The molecule has 15 heavy (non-hydrogen) atoms. The molecule has 0 aliphatic carbocycles.